The summed E-state index contributed by atoms with van der Waals surface area (Å²) in [7, 11) is -3.41. The lowest BCUT2D eigenvalue weighted by Gasteiger charge is -2.35. The van der Waals surface area contributed by atoms with Crippen LogP contribution in [0.3, 0.4) is 0 Å². The fourth-order valence-corrected chi connectivity index (χ4v) is 7.01. The third-order valence-electron chi connectivity index (χ3n) is 3.97. The first-order valence-electron chi connectivity index (χ1n) is 6.70. The molecule has 0 atom stereocenters. The zero-order chi connectivity index (χ0) is 14.8. The van der Waals surface area contributed by atoms with Crippen LogP contribution in [0.2, 0.25) is 0 Å². The number of rotatable bonds is 5. The van der Waals surface area contributed by atoms with Crippen molar-refractivity contribution in [2.45, 2.75) is 43.9 Å². The Bertz CT molecular complexity index is 563. The van der Waals surface area contributed by atoms with Crippen molar-refractivity contribution in [1.29, 1.82) is 0 Å². The van der Waals surface area contributed by atoms with E-state index in [9.17, 15) is 8.42 Å². The molecule has 114 valence electrons. The van der Waals surface area contributed by atoms with E-state index in [1.165, 1.54) is 30.6 Å². The number of hydrogen-bond donors (Lipinski definition) is 1. The monoisotopic (exact) mass is 443 g/mol. The van der Waals surface area contributed by atoms with Crippen LogP contribution in [0.4, 0.5) is 0 Å². The summed E-state index contributed by atoms with van der Waals surface area (Å²) in [5.41, 5.74) is 0.0759. The summed E-state index contributed by atoms with van der Waals surface area (Å²) < 4.78 is 28.5. The maximum Gasteiger partial charge on any atom is 0.241 e. The van der Waals surface area contributed by atoms with Crippen LogP contribution in [-0.2, 0) is 10.0 Å². The molecule has 7 heteroatoms. The second-order valence-electron chi connectivity index (χ2n) is 5.49. The van der Waals surface area contributed by atoms with Crippen molar-refractivity contribution in [3.05, 3.63) is 14.7 Å². The van der Waals surface area contributed by atoms with Crippen molar-refractivity contribution < 1.29 is 8.42 Å². The van der Waals surface area contributed by atoms with Gasteiger partial charge in [-0.2, -0.15) is 0 Å². The predicted molar refractivity (Wildman–Crippen MR) is 91.3 cm³/mol. The highest BCUT2D eigenvalue weighted by Gasteiger charge is 2.33. The van der Waals surface area contributed by atoms with Crippen molar-refractivity contribution in [1.82, 2.24) is 4.72 Å². The Kier molecular flexibility index (Phi) is 5.73. The van der Waals surface area contributed by atoms with Crippen LogP contribution in [0.25, 0.3) is 0 Å². The molecular formula is C13H19Br2NO2S2. The normalized spacial score (nSPS) is 19.1. The van der Waals surface area contributed by atoms with E-state index in [0.717, 1.165) is 26.8 Å². The lowest BCUT2D eigenvalue weighted by atomic mass is 9.76. The summed E-state index contributed by atoms with van der Waals surface area (Å²) in [5, 5.41) is 0.856. The molecule has 0 amide bonds. The van der Waals surface area contributed by atoms with E-state index in [4.69, 9.17) is 0 Å². The maximum absolute atomic E-state index is 12.4. The Morgan fingerprint density at radius 2 is 2.00 bits per heavy atom. The van der Waals surface area contributed by atoms with Crippen molar-refractivity contribution in [3.8, 4) is 0 Å². The van der Waals surface area contributed by atoms with Gasteiger partial charge in [0.05, 0.1) is 8.68 Å². The Hall–Kier alpha value is 0.570. The maximum atomic E-state index is 12.4. The van der Waals surface area contributed by atoms with E-state index in [0.29, 0.717) is 11.4 Å². The summed E-state index contributed by atoms with van der Waals surface area (Å²) in [6.07, 6.45) is 5.82. The molecule has 1 saturated carbocycles. The molecule has 0 bridgehead atoms. The average molecular weight is 445 g/mol. The van der Waals surface area contributed by atoms with E-state index in [2.05, 4.69) is 36.6 Å². The molecule has 1 heterocycles. The van der Waals surface area contributed by atoms with Crippen molar-refractivity contribution in [2.75, 3.05) is 11.9 Å². The van der Waals surface area contributed by atoms with Gasteiger partial charge in [0, 0.05) is 16.8 Å². The second kappa shape index (κ2) is 6.77. The van der Waals surface area contributed by atoms with Gasteiger partial charge in [-0.15, -0.1) is 11.3 Å². The van der Waals surface area contributed by atoms with Gasteiger partial charge >= 0.3 is 0 Å². The molecule has 0 saturated heterocycles. The smallest absolute Gasteiger partial charge is 0.211 e. The predicted octanol–water partition coefficient (Wildman–Crippen LogP) is 4.44. The fraction of sp³-hybridized carbons (Fsp3) is 0.692. The highest BCUT2D eigenvalue weighted by atomic mass is 79.9. The number of hydrogen-bond acceptors (Lipinski definition) is 3. The lowest BCUT2D eigenvalue weighted by Crippen LogP contribution is -2.40. The summed E-state index contributed by atoms with van der Waals surface area (Å²) in [5.74, 6) is 0. The van der Waals surface area contributed by atoms with Gasteiger partial charge in [0.1, 0.15) is 0 Å². The molecule has 3 nitrogen and oxygen atoms in total. The minimum absolute atomic E-state index is 0.0759. The molecule has 20 heavy (non-hydrogen) atoms. The zero-order valence-electron chi connectivity index (χ0n) is 11.4. The summed E-state index contributed by atoms with van der Waals surface area (Å²) >= 11 is 8.37. The molecule has 1 aromatic heterocycles. The minimum atomic E-state index is -3.41. The molecule has 0 aliphatic heterocycles. The van der Waals surface area contributed by atoms with Gasteiger partial charge in [0.25, 0.3) is 0 Å². The number of thiophene rings is 1. The minimum Gasteiger partial charge on any atom is -0.211 e. The van der Waals surface area contributed by atoms with Gasteiger partial charge in [-0.25, -0.2) is 13.1 Å². The molecule has 2 rings (SSSR count). The Morgan fingerprint density at radius 1 is 1.35 bits per heavy atom. The number of aryl methyl sites for hydroxylation is 1. The second-order valence-corrected chi connectivity index (χ2v) is 10.4. The molecule has 1 aliphatic carbocycles. The van der Waals surface area contributed by atoms with Crippen molar-refractivity contribution in [2.24, 2.45) is 5.41 Å². The molecule has 0 spiro atoms. The van der Waals surface area contributed by atoms with Crippen LogP contribution >= 0.6 is 43.2 Å². The van der Waals surface area contributed by atoms with Gasteiger partial charge in [0.15, 0.2) is 0 Å². The standard InChI is InChI=1S/C13H19Br2NO2S2/c1-10-11(7-12(15)19-10)20(17,18)16-9-13(8-14)5-3-2-4-6-13/h7,16H,2-6,8-9H2,1H3. The highest BCUT2D eigenvalue weighted by molar-refractivity contribution is 9.11. The Morgan fingerprint density at radius 3 is 2.50 bits per heavy atom. The highest BCUT2D eigenvalue weighted by Crippen LogP contribution is 2.38. The third-order valence-corrected chi connectivity index (χ3v) is 8.37. The van der Waals surface area contributed by atoms with E-state index in [1.807, 2.05) is 6.92 Å². The van der Waals surface area contributed by atoms with E-state index in [1.54, 1.807) is 6.07 Å². The van der Waals surface area contributed by atoms with Gasteiger partial charge in [-0.1, -0.05) is 35.2 Å². The Balaban J connectivity index is 2.10. The van der Waals surface area contributed by atoms with Crippen LogP contribution in [0.5, 0.6) is 0 Å². The number of sulfonamides is 1. The molecule has 1 fully saturated rings. The van der Waals surface area contributed by atoms with E-state index < -0.39 is 10.0 Å². The van der Waals surface area contributed by atoms with Crippen LogP contribution in [0, 0.1) is 12.3 Å². The van der Waals surface area contributed by atoms with Gasteiger partial charge < -0.3 is 0 Å². The zero-order valence-corrected chi connectivity index (χ0v) is 16.2. The first kappa shape index (κ1) is 16.9. The van der Waals surface area contributed by atoms with E-state index >= 15 is 0 Å². The SMILES string of the molecule is Cc1sc(Br)cc1S(=O)(=O)NCC1(CBr)CCCCC1. The fourth-order valence-electron chi connectivity index (χ4n) is 2.68. The van der Waals surface area contributed by atoms with E-state index in [-0.39, 0.29) is 5.41 Å². The third kappa shape index (κ3) is 3.85. The quantitative estimate of drug-likeness (QED) is 0.682. The van der Waals surface area contributed by atoms with Crippen LogP contribution in [0.15, 0.2) is 14.7 Å². The topological polar surface area (TPSA) is 46.2 Å². The largest absolute Gasteiger partial charge is 0.241 e. The molecule has 0 radical (unpaired) electrons. The molecule has 0 aromatic carbocycles. The van der Waals surface area contributed by atoms with Gasteiger partial charge in [0.2, 0.25) is 10.0 Å². The van der Waals surface area contributed by atoms with Crippen LogP contribution in [0.1, 0.15) is 37.0 Å². The van der Waals surface area contributed by atoms with Crippen molar-refractivity contribution in [3.63, 3.8) is 0 Å². The molecule has 1 aromatic rings. The molecular weight excluding hydrogens is 426 g/mol. The first-order valence-corrected chi connectivity index (χ1v) is 10.9. The molecule has 1 aliphatic rings. The molecule has 1 N–H and O–H groups in total. The summed E-state index contributed by atoms with van der Waals surface area (Å²) in [6, 6.07) is 1.68. The number of nitrogens with one attached hydrogen (secondary N) is 1. The number of alkyl halides is 1. The van der Waals surface area contributed by atoms with Crippen LogP contribution < -0.4 is 4.72 Å². The first-order chi connectivity index (χ1) is 9.38. The molecule has 0 unspecified atom stereocenters. The lowest BCUT2D eigenvalue weighted by molar-refractivity contribution is 0.227. The van der Waals surface area contributed by atoms with Gasteiger partial charge in [-0.3, -0.25) is 0 Å². The summed E-state index contributed by atoms with van der Waals surface area (Å²) in [4.78, 5) is 1.22. The van der Waals surface area contributed by atoms with Gasteiger partial charge in [-0.05, 0) is 47.2 Å². The Labute approximate surface area is 141 Å². The number of halogens is 2. The average Bonchev–Trinajstić information content (AvgIpc) is 2.78. The van der Waals surface area contributed by atoms with Crippen molar-refractivity contribution >= 4 is 53.2 Å². The summed E-state index contributed by atoms with van der Waals surface area (Å²) in [6.45, 7) is 2.36. The van der Waals surface area contributed by atoms with Crippen LogP contribution in [-0.4, -0.2) is 20.3 Å².